The summed E-state index contributed by atoms with van der Waals surface area (Å²) >= 11 is 0. The number of sulfonamides is 1. The molecule has 9 heteroatoms. The number of para-hydroxylation sites is 1. The average Bonchev–Trinajstić information content (AvgIpc) is 2.50. The Balaban J connectivity index is 2.62. The molecule has 1 aromatic rings. The predicted molar refractivity (Wildman–Crippen MR) is 103 cm³/mol. The molecule has 0 saturated carbocycles. The highest BCUT2D eigenvalue weighted by molar-refractivity contribution is 7.88. The summed E-state index contributed by atoms with van der Waals surface area (Å²) in [5.41, 5.74) is -0.717. The van der Waals surface area contributed by atoms with Gasteiger partial charge in [-0.05, 0) is 39.8 Å². The van der Waals surface area contributed by atoms with Gasteiger partial charge in [-0.25, -0.2) is 17.5 Å². The number of guanidine groups is 1. The highest BCUT2D eigenvalue weighted by Gasteiger charge is 2.22. The molecule has 0 aliphatic heterocycles. The predicted octanol–water partition coefficient (Wildman–Crippen LogP) is 1.48. The van der Waals surface area contributed by atoms with Gasteiger partial charge in [0.05, 0.1) is 19.3 Å². The molecule has 0 bridgehead atoms. The van der Waals surface area contributed by atoms with Crippen molar-refractivity contribution in [3.8, 4) is 5.75 Å². The summed E-state index contributed by atoms with van der Waals surface area (Å²) in [5.74, 6) is 0.315. The molecule has 0 spiro atoms. The van der Waals surface area contributed by atoms with E-state index < -0.39 is 21.4 Å². The van der Waals surface area contributed by atoms with Crippen LogP contribution in [0.15, 0.2) is 29.3 Å². The maximum atomic E-state index is 13.6. The van der Waals surface area contributed by atoms with Gasteiger partial charge in [-0.15, -0.1) is 0 Å². The summed E-state index contributed by atoms with van der Waals surface area (Å²) in [7, 11) is -3.32. The van der Waals surface area contributed by atoms with E-state index in [0.717, 1.165) is 6.26 Å². The minimum atomic E-state index is -3.32. The van der Waals surface area contributed by atoms with Crippen LogP contribution >= 0.6 is 0 Å². The minimum absolute atomic E-state index is 0.197. The van der Waals surface area contributed by atoms with Gasteiger partial charge in [-0.3, -0.25) is 4.99 Å². The third-order valence-electron chi connectivity index (χ3n) is 3.16. The smallest absolute Gasteiger partial charge is 0.209 e. The van der Waals surface area contributed by atoms with E-state index in [0.29, 0.717) is 19.0 Å². The molecule has 0 radical (unpaired) electrons. The molecule has 0 heterocycles. The molecular formula is C17H29FN4O3S. The van der Waals surface area contributed by atoms with Crippen molar-refractivity contribution in [2.45, 2.75) is 39.3 Å². The lowest BCUT2D eigenvalue weighted by atomic mass is 10.1. The monoisotopic (exact) mass is 388 g/mol. The fourth-order valence-electron chi connectivity index (χ4n) is 2.19. The number of rotatable bonds is 9. The van der Waals surface area contributed by atoms with Gasteiger partial charge in [0.1, 0.15) is 6.10 Å². The molecule has 3 N–H and O–H groups in total. The summed E-state index contributed by atoms with van der Waals surface area (Å²) < 4.78 is 44.5. The lowest BCUT2D eigenvalue weighted by molar-refractivity contribution is 0.214. The second kappa shape index (κ2) is 9.72. The maximum absolute atomic E-state index is 13.6. The summed E-state index contributed by atoms with van der Waals surface area (Å²) in [4.78, 5) is 4.40. The second-order valence-electron chi connectivity index (χ2n) is 6.69. The zero-order chi connectivity index (χ0) is 19.8. The van der Waals surface area contributed by atoms with Crippen LogP contribution in [0.2, 0.25) is 0 Å². The van der Waals surface area contributed by atoms with Gasteiger partial charge in [0.15, 0.2) is 17.5 Å². The van der Waals surface area contributed by atoms with Gasteiger partial charge < -0.3 is 15.4 Å². The van der Waals surface area contributed by atoms with Gasteiger partial charge in [-0.1, -0.05) is 12.1 Å². The Bertz CT molecular complexity index is 708. The van der Waals surface area contributed by atoms with Crippen LogP contribution in [0, 0.1) is 5.82 Å². The van der Waals surface area contributed by atoms with Crippen molar-refractivity contribution < 1.29 is 17.5 Å². The van der Waals surface area contributed by atoms with Gasteiger partial charge >= 0.3 is 0 Å². The molecule has 148 valence electrons. The Kier molecular flexibility index (Phi) is 8.29. The first kappa shape index (κ1) is 22.2. The normalized spacial score (nSPS) is 14.0. The van der Waals surface area contributed by atoms with Crippen LogP contribution in [-0.4, -0.2) is 51.9 Å². The number of benzene rings is 1. The Morgan fingerprint density at radius 1 is 1.31 bits per heavy atom. The molecule has 0 aliphatic rings. The number of ether oxygens (including phenoxy) is 1. The summed E-state index contributed by atoms with van der Waals surface area (Å²) in [6.07, 6.45) is 0.821. The number of aliphatic imine (C=N–C) groups is 1. The van der Waals surface area contributed by atoms with Crippen molar-refractivity contribution in [3.05, 3.63) is 30.1 Å². The van der Waals surface area contributed by atoms with Crippen LogP contribution in [0.3, 0.4) is 0 Å². The van der Waals surface area contributed by atoms with Crippen LogP contribution in [0.4, 0.5) is 4.39 Å². The van der Waals surface area contributed by atoms with E-state index in [2.05, 4.69) is 20.3 Å². The van der Waals surface area contributed by atoms with Crippen molar-refractivity contribution in [2.75, 3.05) is 25.9 Å². The molecular weight excluding hydrogens is 359 g/mol. The minimum Gasteiger partial charge on any atom is -0.486 e. The highest BCUT2D eigenvalue weighted by atomic mass is 32.2. The van der Waals surface area contributed by atoms with E-state index in [9.17, 15) is 12.8 Å². The molecule has 0 saturated heterocycles. The lowest BCUT2D eigenvalue weighted by Gasteiger charge is -2.24. The molecule has 7 nitrogen and oxygen atoms in total. The number of nitrogens with one attached hydrogen (secondary N) is 3. The molecule has 0 aliphatic carbocycles. The van der Waals surface area contributed by atoms with Gasteiger partial charge in [0, 0.05) is 12.1 Å². The topological polar surface area (TPSA) is 91.8 Å². The van der Waals surface area contributed by atoms with Crippen LogP contribution in [0.25, 0.3) is 0 Å². The van der Waals surface area contributed by atoms with Crippen LogP contribution in [0.1, 0.15) is 27.7 Å². The summed E-state index contributed by atoms with van der Waals surface area (Å²) in [6, 6.07) is 6.23. The first-order valence-electron chi connectivity index (χ1n) is 8.45. The highest BCUT2D eigenvalue weighted by Crippen LogP contribution is 2.16. The van der Waals surface area contributed by atoms with Crippen molar-refractivity contribution in [1.29, 1.82) is 0 Å². The van der Waals surface area contributed by atoms with E-state index in [4.69, 9.17) is 4.74 Å². The SMILES string of the molecule is CCNC(=NCC(C)(C)NS(C)(=O)=O)NCC(C)Oc1ccccc1F. The largest absolute Gasteiger partial charge is 0.486 e. The fraction of sp³-hybridized carbons (Fsp3) is 0.588. The third-order valence-corrected chi connectivity index (χ3v) is 4.08. The Hall–Kier alpha value is -1.87. The Morgan fingerprint density at radius 2 is 1.96 bits per heavy atom. The molecule has 0 fully saturated rings. The molecule has 26 heavy (non-hydrogen) atoms. The Labute approximate surface area is 155 Å². The zero-order valence-corrected chi connectivity index (χ0v) is 16.8. The molecule has 0 aromatic heterocycles. The first-order valence-corrected chi connectivity index (χ1v) is 10.3. The van der Waals surface area contributed by atoms with E-state index >= 15 is 0 Å². The van der Waals surface area contributed by atoms with Crippen LogP contribution in [-0.2, 0) is 10.0 Å². The third kappa shape index (κ3) is 9.00. The van der Waals surface area contributed by atoms with Crippen LogP contribution in [0.5, 0.6) is 5.75 Å². The van der Waals surface area contributed by atoms with E-state index in [1.807, 2.05) is 13.8 Å². The molecule has 0 amide bonds. The summed E-state index contributed by atoms with van der Waals surface area (Å²) in [5, 5.41) is 6.19. The standard InChI is InChI=1S/C17H29FN4O3S/c1-6-19-16(21-12-17(3,4)22-26(5,23)24)20-11-13(2)25-15-10-8-7-9-14(15)18/h7-10,13,22H,6,11-12H2,1-5H3,(H2,19,20,21). The number of hydrogen-bond acceptors (Lipinski definition) is 4. The Morgan fingerprint density at radius 3 is 2.54 bits per heavy atom. The quantitative estimate of drug-likeness (QED) is 0.440. The van der Waals surface area contributed by atoms with Crippen molar-refractivity contribution in [3.63, 3.8) is 0 Å². The zero-order valence-electron chi connectivity index (χ0n) is 16.0. The maximum Gasteiger partial charge on any atom is 0.209 e. The van der Waals surface area contributed by atoms with Crippen molar-refractivity contribution in [1.82, 2.24) is 15.4 Å². The molecule has 1 aromatic carbocycles. The first-order chi connectivity index (χ1) is 12.0. The lowest BCUT2D eigenvalue weighted by Crippen LogP contribution is -2.47. The van der Waals surface area contributed by atoms with Gasteiger partial charge in [-0.2, -0.15) is 0 Å². The molecule has 1 unspecified atom stereocenters. The number of halogens is 1. The number of nitrogens with zero attached hydrogens (tertiary/aromatic N) is 1. The molecule has 1 atom stereocenters. The average molecular weight is 389 g/mol. The van der Waals surface area contributed by atoms with E-state index in [1.54, 1.807) is 32.0 Å². The summed E-state index contributed by atoms with van der Waals surface area (Å²) in [6.45, 7) is 8.55. The molecule has 1 rings (SSSR count). The van der Waals surface area contributed by atoms with E-state index in [1.165, 1.54) is 6.07 Å². The van der Waals surface area contributed by atoms with Crippen molar-refractivity contribution >= 4 is 16.0 Å². The van der Waals surface area contributed by atoms with Crippen LogP contribution < -0.4 is 20.1 Å². The van der Waals surface area contributed by atoms with Gasteiger partial charge in [0.25, 0.3) is 0 Å². The second-order valence-corrected chi connectivity index (χ2v) is 8.44. The van der Waals surface area contributed by atoms with E-state index in [-0.39, 0.29) is 18.4 Å². The number of hydrogen-bond donors (Lipinski definition) is 3. The van der Waals surface area contributed by atoms with Gasteiger partial charge in [0.2, 0.25) is 10.0 Å². The van der Waals surface area contributed by atoms with Crippen molar-refractivity contribution in [2.24, 2.45) is 4.99 Å². The fourth-order valence-corrected chi connectivity index (χ4v) is 3.26.